The van der Waals surface area contributed by atoms with Crippen molar-refractivity contribution >= 4 is 46.1 Å². The van der Waals surface area contributed by atoms with Crippen molar-refractivity contribution in [2.75, 3.05) is 17.3 Å². The maximum atomic E-state index is 13.1. The lowest BCUT2D eigenvalue weighted by atomic mass is 10.1. The molecule has 1 atom stereocenters. The molecular weight excluding hydrogens is 508 g/mol. The third-order valence-electron chi connectivity index (χ3n) is 5.06. The van der Waals surface area contributed by atoms with Crippen LogP contribution in [0.4, 0.5) is 9.93 Å². The van der Waals surface area contributed by atoms with Crippen LogP contribution in [0.2, 0.25) is 0 Å². The molecule has 1 heterocycles. The summed E-state index contributed by atoms with van der Waals surface area (Å²) in [4.78, 5) is 42.5. The van der Waals surface area contributed by atoms with Gasteiger partial charge < -0.3 is 20.7 Å². The predicted octanol–water partition coefficient (Wildman–Crippen LogP) is 5.33. The Balaban J connectivity index is 1.63. The van der Waals surface area contributed by atoms with Crippen LogP contribution in [0, 0.1) is 0 Å². The molecule has 196 valence electrons. The van der Waals surface area contributed by atoms with Crippen LogP contribution < -0.4 is 16.0 Å². The molecule has 3 N–H and O–H groups in total. The van der Waals surface area contributed by atoms with Gasteiger partial charge in [-0.25, -0.2) is 9.78 Å². The fraction of sp³-hybridized carbons (Fsp3) is 0.333. The molecule has 1 aromatic heterocycles. The first-order valence-corrected chi connectivity index (χ1v) is 14.1. The van der Waals surface area contributed by atoms with E-state index in [9.17, 15) is 14.4 Å². The highest BCUT2D eigenvalue weighted by atomic mass is 32.2. The van der Waals surface area contributed by atoms with Gasteiger partial charge in [-0.05, 0) is 56.9 Å². The second-order valence-electron chi connectivity index (χ2n) is 9.26. The van der Waals surface area contributed by atoms with Gasteiger partial charge in [0, 0.05) is 23.1 Å². The van der Waals surface area contributed by atoms with Crippen LogP contribution in [-0.2, 0) is 16.1 Å². The summed E-state index contributed by atoms with van der Waals surface area (Å²) in [6.45, 7) is 5.58. The first-order chi connectivity index (χ1) is 17.6. The normalized spacial score (nSPS) is 11.9. The van der Waals surface area contributed by atoms with E-state index >= 15 is 0 Å². The maximum Gasteiger partial charge on any atom is 0.407 e. The van der Waals surface area contributed by atoms with Crippen LogP contribution in [0.3, 0.4) is 0 Å². The minimum atomic E-state index is -0.729. The van der Waals surface area contributed by atoms with Crippen molar-refractivity contribution in [3.05, 3.63) is 71.1 Å². The van der Waals surface area contributed by atoms with E-state index in [0.717, 1.165) is 16.8 Å². The molecule has 37 heavy (non-hydrogen) atoms. The van der Waals surface area contributed by atoms with E-state index in [1.807, 2.05) is 42.0 Å². The van der Waals surface area contributed by atoms with Gasteiger partial charge in [-0.15, -0.1) is 11.3 Å². The number of benzene rings is 2. The highest BCUT2D eigenvalue weighted by molar-refractivity contribution is 7.98. The number of carbonyl (C=O) groups is 3. The summed E-state index contributed by atoms with van der Waals surface area (Å²) in [5.74, 6) is 0.00863. The van der Waals surface area contributed by atoms with Gasteiger partial charge in [-0.1, -0.05) is 42.5 Å². The second-order valence-corrected chi connectivity index (χ2v) is 11.1. The Labute approximate surface area is 225 Å². The standard InChI is InChI=1S/C27H32N4O4S2/c1-27(2,3)35-26(34)28-16-18-9-8-12-20(15-18)23(32)29-21(13-14-36-4)24(33)31-25-30-22(17-37-25)19-10-6-5-7-11-19/h5-12,15,17,21H,13-14,16H2,1-4H3,(H,28,34)(H,29,32)(H,30,31,33). The number of aromatic nitrogens is 1. The SMILES string of the molecule is CSCCC(NC(=O)c1cccc(CNC(=O)OC(C)(C)C)c1)C(=O)Nc1nc(-c2ccccc2)cs1. The summed E-state index contributed by atoms with van der Waals surface area (Å²) < 4.78 is 5.25. The van der Waals surface area contributed by atoms with Crippen molar-refractivity contribution in [1.29, 1.82) is 0 Å². The van der Waals surface area contributed by atoms with Gasteiger partial charge in [0.25, 0.3) is 5.91 Å². The van der Waals surface area contributed by atoms with Gasteiger partial charge >= 0.3 is 6.09 Å². The average Bonchev–Trinajstić information content (AvgIpc) is 3.33. The highest BCUT2D eigenvalue weighted by Gasteiger charge is 2.23. The van der Waals surface area contributed by atoms with Gasteiger partial charge in [-0.3, -0.25) is 9.59 Å². The average molecular weight is 541 g/mol. The molecule has 1 unspecified atom stereocenters. The molecule has 0 bridgehead atoms. The largest absolute Gasteiger partial charge is 0.444 e. The number of anilines is 1. The molecule has 0 spiro atoms. The molecule has 10 heteroatoms. The van der Waals surface area contributed by atoms with E-state index in [1.54, 1.807) is 56.8 Å². The number of hydrogen-bond donors (Lipinski definition) is 3. The summed E-state index contributed by atoms with van der Waals surface area (Å²) in [5.41, 5.74) is 2.28. The summed E-state index contributed by atoms with van der Waals surface area (Å²) in [6, 6.07) is 15.9. The molecule has 2 aromatic carbocycles. The molecule has 0 aliphatic rings. The molecule has 0 saturated heterocycles. The zero-order chi connectivity index (χ0) is 26.8. The van der Waals surface area contributed by atoms with Gasteiger partial charge in [-0.2, -0.15) is 11.8 Å². The third-order valence-corrected chi connectivity index (χ3v) is 6.46. The molecule has 3 rings (SSSR count). The number of rotatable bonds is 10. The van der Waals surface area contributed by atoms with Crippen LogP contribution in [0.25, 0.3) is 11.3 Å². The number of thiazole rings is 1. The lowest BCUT2D eigenvalue weighted by Crippen LogP contribution is -2.44. The van der Waals surface area contributed by atoms with Crippen LogP contribution >= 0.6 is 23.1 Å². The fourth-order valence-electron chi connectivity index (χ4n) is 3.32. The quantitative estimate of drug-likeness (QED) is 0.321. The summed E-state index contributed by atoms with van der Waals surface area (Å²) in [6.07, 6.45) is 1.88. The van der Waals surface area contributed by atoms with Crippen LogP contribution in [-0.4, -0.2) is 46.5 Å². The first kappa shape index (κ1) is 28.2. The minimum Gasteiger partial charge on any atom is -0.444 e. The molecule has 0 saturated carbocycles. The number of thioether (sulfide) groups is 1. The topological polar surface area (TPSA) is 109 Å². The van der Waals surface area contributed by atoms with E-state index in [4.69, 9.17) is 4.74 Å². The van der Waals surface area contributed by atoms with E-state index in [0.29, 0.717) is 22.9 Å². The molecule has 0 aliphatic carbocycles. The predicted molar refractivity (Wildman–Crippen MR) is 150 cm³/mol. The van der Waals surface area contributed by atoms with Crippen molar-refractivity contribution in [3.63, 3.8) is 0 Å². The van der Waals surface area contributed by atoms with Crippen molar-refractivity contribution < 1.29 is 19.1 Å². The Bertz CT molecular complexity index is 1210. The lowest BCUT2D eigenvalue weighted by Gasteiger charge is -2.20. The lowest BCUT2D eigenvalue weighted by molar-refractivity contribution is -0.118. The van der Waals surface area contributed by atoms with Crippen LogP contribution in [0.15, 0.2) is 60.0 Å². The Morgan fingerprint density at radius 1 is 1.08 bits per heavy atom. The summed E-state index contributed by atoms with van der Waals surface area (Å²) in [5, 5.41) is 10.7. The zero-order valence-corrected chi connectivity index (χ0v) is 23.0. The maximum absolute atomic E-state index is 13.1. The number of hydrogen-bond acceptors (Lipinski definition) is 7. The summed E-state index contributed by atoms with van der Waals surface area (Å²) >= 11 is 2.93. The molecule has 0 fully saturated rings. The molecule has 0 radical (unpaired) electrons. The Kier molecular flexibility index (Phi) is 10.1. The molecule has 8 nitrogen and oxygen atoms in total. The van der Waals surface area contributed by atoms with E-state index in [1.165, 1.54) is 11.3 Å². The number of ether oxygens (including phenoxy) is 1. The molecule has 3 amide bonds. The fourth-order valence-corrected chi connectivity index (χ4v) is 4.52. The molecular formula is C27H32N4O4S2. The van der Waals surface area contributed by atoms with Crippen LogP contribution in [0.5, 0.6) is 0 Å². The highest BCUT2D eigenvalue weighted by Crippen LogP contribution is 2.24. The Hall–Kier alpha value is -3.37. The third kappa shape index (κ3) is 9.22. The number of carbonyl (C=O) groups excluding carboxylic acids is 3. The number of nitrogens with one attached hydrogen (secondary N) is 3. The second kappa shape index (κ2) is 13.3. The minimum absolute atomic E-state index is 0.209. The number of alkyl carbamates (subject to hydrolysis) is 1. The Morgan fingerprint density at radius 3 is 2.54 bits per heavy atom. The van der Waals surface area contributed by atoms with Crippen molar-refractivity contribution in [3.8, 4) is 11.3 Å². The van der Waals surface area contributed by atoms with Crippen molar-refractivity contribution in [2.24, 2.45) is 0 Å². The Morgan fingerprint density at radius 2 is 1.84 bits per heavy atom. The number of nitrogens with zero attached hydrogens (tertiary/aromatic N) is 1. The van der Waals surface area contributed by atoms with Crippen molar-refractivity contribution in [2.45, 2.75) is 45.4 Å². The zero-order valence-electron chi connectivity index (χ0n) is 21.4. The first-order valence-electron chi connectivity index (χ1n) is 11.8. The van der Waals surface area contributed by atoms with E-state index < -0.39 is 17.7 Å². The summed E-state index contributed by atoms with van der Waals surface area (Å²) in [7, 11) is 0. The van der Waals surface area contributed by atoms with Gasteiger partial charge in [0.1, 0.15) is 11.6 Å². The smallest absolute Gasteiger partial charge is 0.407 e. The number of amides is 3. The molecule has 3 aromatic rings. The van der Waals surface area contributed by atoms with Crippen molar-refractivity contribution in [1.82, 2.24) is 15.6 Å². The van der Waals surface area contributed by atoms with Gasteiger partial charge in [0.2, 0.25) is 5.91 Å². The van der Waals surface area contributed by atoms with Crippen LogP contribution in [0.1, 0.15) is 43.1 Å². The van der Waals surface area contributed by atoms with Gasteiger partial charge in [0.15, 0.2) is 5.13 Å². The van der Waals surface area contributed by atoms with Gasteiger partial charge in [0.05, 0.1) is 5.69 Å². The van der Waals surface area contributed by atoms with E-state index in [2.05, 4.69) is 20.9 Å². The molecule has 0 aliphatic heterocycles. The monoisotopic (exact) mass is 540 g/mol. The van der Waals surface area contributed by atoms with E-state index in [-0.39, 0.29) is 18.4 Å².